The molecule has 0 saturated heterocycles. The summed E-state index contributed by atoms with van der Waals surface area (Å²) in [5.41, 5.74) is 6.04. The van der Waals surface area contributed by atoms with Crippen LogP contribution in [0.25, 0.3) is 10.9 Å². The predicted octanol–water partition coefficient (Wildman–Crippen LogP) is 5.29. The molecule has 0 aliphatic carbocycles. The molecule has 0 bridgehead atoms. The Balaban J connectivity index is 2.10. The molecule has 1 heterocycles. The van der Waals surface area contributed by atoms with Crippen molar-refractivity contribution in [1.29, 1.82) is 0 Å². The molecule has 2 aromatic carbocycles. The highest BCUT2D eigenvalue weighted by molar-refractivity contribution is 9.10. The van der Waals surface area contributed by atoms with E-state index in [-0.39, 0.29) is 21.8 Å². The van der Waals surface area contributed by atoms with Gasteiger partial charge in [-0.15, -0.1) is 0 Å². The Morgan fingerprint density at radius 2 is 1.97 bits per heavy atom. The molecule has 158 valence electrons. The van der Waals surface area contributed by atoms with Gasteiger partial charge >= 0.3 is 6.09 Å². The molecular weight excluding hydrogens is 479 g/mol. The third kappa shape index (κ3) is 4.27. The van der Waals surface area contributed by atoms with Crippen LogP contribution in [-0.4, -0.2) is 27.3 Å². The van der Waals surface area contributed by atoms with Gasteiger partial charge in [-0.3, -0.25) is 14.8 Å². The Morgan fingerprint density at radius 1 is 1.30 bits per heavy atom. The SMILES string of the molecule is Cn1nc2c(Br)c(C(=O)c3cc(F)ccc3Cl)c(N)cc2c1NC(=O)OC(C)(C)C. The number of halogens is 3. The first kappa shape index (κ1) is 22.0. The van der Waals surface area contributed by atoms with Crippen LogP contribution >= 0.6 is 27.5 Å². The van der Waals surface area contributed by atoms with Crippen LogP contribution in [0.4, 0.5) is 20.7 Å². The van der Waals surface area contributed by atoms with Gasteiger partial charge in [-0.2, -0.15) is 5.10 Å². The van der Waals surface area contributed by atoms with Crippen molar-refractivity contribution < 1.29 is 18.7 Å². The minimum Gasteiger partial charge on any atom is -0.444 e. The Kier molecular flexibility index (Phi) is 5.79. The van der Waals surface area contributed by atoms with Crippen molar-refractivity contribution in [3.8, 4) is 0 Å². The third-order valence-electron chi connectivity index (χ3n) is 4.12. The lowest BCUT2D eigenvalue weighted by molar-refractivity contribution is 0.0634. The van der Waals surface area contributed by atoms with E-state index in [2.05, 4.69) is 26.3 Å². The van der Waals surface area contributed by atoms with Crippen molar-refractivity contribution >= 4 is 61.8 Å². The highest BCUT2D eigenvalue weighted by Gasteiger charge is 2.25. The van der Waals surface area contributed by atoms with Crippen LogP contribution in [0.3, 0.4) is 0 Å². The van der Waals surface area contributed by atoms with Crippen LogP contribution in [0.15, 0.2) is 28.7 Å². The first-order chi connectivity index (χ1) is 13.9. The first-order valence-corrected chi connectivity index (χ1v) is 10.0. The number of ketones is 1. The number of aryl methyl sites for hydroxylation is 1. The number of fused-ring (bicyclic) bond motifs is 1. The van der Waals surface area contributed by atoms with E-state index in [9.17, 15) is 14.0 Å². The van der Waals surface area contributed by atoms with Crippen molar-refractivity contribution in [2.75, 3.05) is 11.1 Å². The zero-order chi connectivity index (χ0) is 22.4. The van der Waals surface area contributed by atoms with E-state index >= 15 is 0 Å². The lowest BCUT2D eigenvalue weighted by Crippen LogP contribution is -2.27. The topological polar surface area (TPSA) is 99.2 Å². The van der Waals surface area contributed by atoms with Crippen molar-refractivity contribution in [3.63, 3.8) is 0 Å². The summed E-state index contributed by atoms with van der Waals surface area (Å²) in [6.07, 6.45) is -0.659. The fourth-order valence-electron chi connectivity index (χ4n) is 2.90. The molecule has 3 aromatic rings. The summed E-state index contributed by atoms with van der Waals surface area (Å²) in [6.45, 7) is 5.24. The highest BCUT2D eigenvalue weighted by Crippen LogP contribution is 2.37. The van der Waals surface area contributed by atoms with Gasteiger partial charge in [-0.1, -0.05) is 11.6 Å². The summed E-state index contributed by atoms with van der Waals surface area (Å²) in [7, 11) is 1.63. The van der Waals surface area contributed by atoms with Gasteiger partial charge in [-0.25, -0.2) is 9.18 Å². The van der Waals surface area contributed by atoms with Gasteiger partial charge in [0.2, 0.25) is 0 Å². The molecule has 10 heteroatoms. The standard InChI is InChI=1S/C20H19BrClFN4O3/c1-20(2,3)30-19(29)25-18-11-8-13(24)14(15(21)16(11)26-27(18)4)17(28)10-7-9(23)5-6-12(10)22/h5-8H,24H2,1-4H3,(H,25,29). The number of nitrogens with one attached hydrogen (secondary N) is 1. The van der Waals surface area contributed by atoms with Crippen LogP contribution in [0.2, 0.25) is 5.02 Å². The normalized spacial score (nSPS) is 11.6. The number of nitrogen functional groups attached to an aromatic ring is 1. The fourth-order valence-corrected chi connectivity index (χ4v) is 3.80. The second-order valence-corrected chi connectivity index (χ2v) is 8.80. The van der Waals surface area contributed by atoms with Crippen LogP contribution in [-0.2, 0) is 11.8 Å². The number of benzene rings is 2. The lowest BCUT2D eigenvalue weighted by atomic mass is 10.00. The molecule has 30 heavy (non-hydrogen) atoms. The summed E-state index contributed by atoms with van der Waals surface area (Å²) < 4.78 is 20.7. The smallest absolute Gasteiger partial charge is 0.413 e. The second-order valence-electron chi connectivity index (χ2n) is 7.60. The monoisotopic (exact) mass is 496 g/mol. The van der Waals surface area contributed by atoms with Crippen LogP contribution in [0.5, 0.6) is 0 Å². The van der Waals surface area contributed by atoms with Crippen molar-refractivity contribution in [2.24, 2.45) is 7.05 Å². The van der Waals surface area contributed by atoms with Gasteiger partial charge in [0, 0.05) is 23.7 Å². The number of ether oxygens (including phenoxy) is 1. The van der Waals surface area contributed by atoms with Crippen LogP contribution in [0.1, 0.15) is 36.7 Å². The maximum absolute atomic E-state index is 13.7. The lowest BCUT2D eigenvalue weighted by Gasteiger charge is -2.19. The molecule has 1 amide bonds. The number of anilines is 2. The number of nitrogens with zero attached hydrogens (tertiary/aromatic N) is 2. The minimum absolute atomic E-state index is 0.0218. The molecule has 0 radical (unpaired) electrons. The van der Waals surface area contributed by atoms with Gasteiger partial charge in [0.1, 0.15) is 22.8 Å². The third-order valence-corrected chi connectivity index (χ3v) is 5.22. The van der Waals surface area contributed by atoms with E-state index in [1.54, 1.807) is 27.8 Å². The number of nitrogens with two attached hydrogens (primary N) is 1. The summed E-state index contributed by atoms with van der Waals surface area (Å²) in [5.74, 6) is -0.812. The summed E-state index contributed by atoms with van der Waals surface area (Å²) in [5, 5.41) is 7.61. The summed E-state index contributed by atoms with van der Waals surface area (Å²) in [4.78, 5) is 25.2. The molecule has 7 nitrogen and oxygen atoms in total. The van der Waals surface area contributed by atoms with Crippen molar-refractivity contribution in [3.05, 3.63) is 50.7 Å². The number of rotatable bonds is 3. The van der Waals surface area contributed by atoms with E-state index < -0.39 is 23.3 Å². The van der Waals surface area contributed by atoms with Gasteiger partial charge in [0.05, 0.1) is 15.1 Å². The molecular formula is C20H19BrClFN4O3. The van der Waals surface area contributed by atoms with E-state index in [1.165, 1.54) is 16.8 Å². The minimum atomic E-state index is -0.679. The van der Waals surface area contributed by atoms with Gasteiger partial charge in [0.25, 0.3) is 0 Å². The molecule has 0 atom stereocenters. The van der Waals surface area contributed by atoms with E-state index in [1.807, 2.05) is 0 Å². The van der Waals surface area contributed by atoms with Gasteiger partial charge in [0.15, 0.2) is 5.78 Å². The quantitative estimate of drug-likeness (QED) is 0.378. The largest absolute Gasteiger partial charge is 0.444 e. The Bertz CT molecular complexity index is 1190. The Labute approximate surface area is 185 Å². The number of amides is 1. The maximum atomic E-state index is 13.7. The maximum Gasteiger partial charge on any atom is 0.413 e. The second kappa shape index (κ2) is 7.88. The van der Waals surface area contributed by atoms with Crippen molar-refractivity contribution in [2.45, 2.75) is 26.4 Å². The van der Waals surface area contributed by atoms with E-state index in [4.69, 9.17) is 22.1 Å². The molecule has 1 aromatic heterocycles. The van der Waals surface area contributed by atoms with Crippen LogP contribution in [0, 0.1) is 5.82 Å². The van der Waals surface area contributed by atoms with Gasteiger partial charge < -0.3 is 10.5 Å². The molecule has 0 saturated carbocycles. The molecule has 0 unspecified atom stereocenters. The van der Waals surface area contributed by atoms with Crippen molar-refractivity contribution in [1.82, 2.24) is 9.78 Å². The number of carbonyl (C=O) groups is 2. The van der Waals surface area contributed by atoms with Gasteiger partial charge in [-0.05, 0) is 61.0 Å². The molecule has 0 aliphatic heterocycles. The molecule has 3 rings (SSSR count). The number of hydrogen-bond donors (Lipinski definition) is 2. The average molecular weight is 498 g/mol. The average Bonchev–Trinajstić information content (AvgIpc) is 2.91. The Hall–Kier alpha value is -2.65. The summed E-state index contributed by atoms with van der Waals surface area (Å²) >= 11 is 9.46. The molecule has 0 fully saturated rings. The zero-order valence-corrected chi connectivity index (χ0v) is 19.0. The first-order valence-electron chi connectivity index (χ1n) is 8.83. The van der Waals surface area contributed by atoms with Crippen LogP contribution < -0.4 is 11.1 Å². The van der Waals surface area contributed by atoms with E-state index in [0.29, 0.717) is 21.2 Å². The molecule has 0 spiro atoms. The number of aromatic nitrogens is 2. The summed E-state index contributed by atoms with van der Waals surface area (Å²) in [6, 6.07) is 5.03. The number of carbonyl (C=O) groups excluding carboxylic acids is 2. The fraction of sp³-hybridized carbons (Fsp3) is 0.250. The number of hydrogen-bond acceptors (Lipinski definition) is 5. The molecule has 0 aliphatic rings. The highest BCUT2D eigenvalue weighted by atomic mass is 79.9. The van der Waals surface area contributed by atoms with E-state index in [0.717, 1.165) is 12.1 Å². The Morgan fingerprint density at radius 3 is 2.60 bits per heavy atom. The zero-order valence-electron chi connectivity index (χ0n) is 16.6. The predicted molar refractivity (Wildman–Crippen MR) is 118 cm³/mol. The molecule has 3 N–H and O–H groups in total.